The first-order chi connectivity index (χ1) is 7.00. The molecule has 0 aromatic heterocycles. The molecule has 0 bridgehead atoms. The van der Waals surface area contributed by atoms with Gasteiger partial charge in [-0.3, -0.25) is 0 Å². The SMILES string of the molecule is CC(C)CCCc1c(O)cc(O)cc1O. The Hall–Kier alpha value is -1.38. The third-order valence-electron chi connectivity index (χ3n) is 2.40. The molecule has 0 atom stereocenters. The zero-order chi connectivity index (χ0) is 11.4. The van der Waals surface area contributed by atoms with E-state index in [4.69, 9.17) is 5.11 Å². The summed E-state index contributed by atoms with van der Waals surface area (Å²) in [7, 11) is 0. The highest BCUT2D eigenvalue weighted by Gasteiger charge is 2.09. The van der Waals surface area contributed by atoms with Crippen molar-refractivity contribution in [1.82, 2.24) is 0 Å². The highest BCUT2D eigenvalue weighted by atomic mass is 16.3. The van der Waals surface area contributed by atoms with E-state index in [1.54, 1.807) is 0 Å². The molecule has 1 rings (SSSR count). The average molecular weight is 210 g/mol. The fourth-order valence-corrected chi connectivity index (χ4v) is 1.57. The molecule has 0 aliphatic carbocycles. The number of benzene rings is 1. The van der Waals surface area contributed by atoms with Gasteiger partial charge in [-0.2, -0.15) is 0 Å². The normalized spacial score (nSPS) is 10.9. The highest BCUT2D eigenvalue weighted by molar-refractivity contribution is 5.48. The topological polar surface area (TPSA) is 60.7 Å². The van der Waals surface area contributed by atoms with Crippen molar-refractivity contribution >= 4 is 0 Å². The zero-order valence-corrected chi connectivity index (χ0v) is 9.20. The fourth-order valence-electron chi connectivity index (χ4n) is 1.57. The second kappa shape index (κ2) is 4.91. The second-order valence-electron chi connectivity index (χ2n) is 4.25. The van der Waals surface area contributed by atoms with Crippen LogP contribution in [0.5, 0.6) is 17.2 Å². The highest BCUT2D eigenvalue weighted by Crippen LogP contribution is 2.33. The Labute approximate surface area is 90.0 Å². The standard InChI is InChI=1S/C12H18O3/c1-8(2)4-3-5-10-11(14)6-9(13)7-12(10)15/h6-8,13-15H,3-5H2,1-2H3. The summed E-state index contributed by atoms with van der Waals surface area (Å²) in [5.41, 5.74) is 0.522. The van der Waals surface area contributed by atoms with Gasteiger partial charge in [0, 0.05) is 17.7 Å². The smallest absolute Gasteiger partial charge is 0.126 e. The van der Waals surface area contributed by atoms with Crippen LogP contribution in [0.25, 0.3) is 0 Å². The van der Waals surface area contributed by atoms with Crippen LogP contribution < -0.4 is 0 Å². The molecule has 84 valence electrons. The summed E-state index contributed by atoms with van der Waals surface area (Å²) in [4.78, 5) is 0. The summed E-state index contributed by atoms with van der Waals surface area (Å²) in [5.74, 6) is 0.441. The predicted molar refractivity (Wildman–Crippen MR) is 59.2 cm³/mol. The van der Waals surface area contributed by atoms with Gasteiger partial charge in [-0.1, -0.05) is 20.3 Å². The largest absolute Gasteiger partial charge is 0.508 e. The van der Waals surface area contributed by atoms with E-state index >= 15 is 0 Å². The Morgan fingerprint density at radius 2 is 1.60 bits per heavy atom. The Morgan fingerprint density at radius 3 is 2.07 bits per heavy atom. The molecule has 0 fully saturated rings. The van der Waals surface area contributed by atoms with Gasteiger partial charge in [0.15, 0.2) is 0 Å². The first-order valence-electron chi connectivity index (χ1n) is 5.24. The molecule has 15 heavy (non-hydrogen) atoms. The van der Waals surface area contributed by atoms with E-state index in [2.05, 4.69) is 13.8 Å². The number of phenolic OH excluding ortho intramolecular Hbond substituents is 3. The molecule has 3 nitrogen and oxygen atoms in total. The van der Waals surface area contributed by atoms with Gasteiger partial charge in [0.1, 0.15) is 17.2 Å². The summed E-state index contributed by atoms with van der Waals surface area (Å²) in [6, 6.07) is 2.51. The van der Waals surface area contributed by atoms with E-state index in [0.717, 1.165) is 12.8 Å². The third kappa shape index (κ3) is 3.35. The zero-order valence-electron chi connectivity index (χ0n) is 9.20. The average Bonchev–Trinajstić information content (AvgIpc) is 2.08. The van der Waals surface area contributed by atoms with Gasteiger partial charge in [0.25, 0.3) is 0 Å². The van der Waals surface area contributed by atoms with Crippen molar-refractivity contribution in [2.24, 2.45) is 5.92 Å². The molecular formula is C12H18O3. The molecule has 0 radical (unpaired) electrons. The summed E-state index contributed by atoms with van der Waals surface area (Å²) >= 11 is 0. The number of aromatic hydroxyl groups is 3. The van der Waals surface area contributed by atoms with Gasteiger partial charge in [-0.05, 0) is 18.8 Å². The monoisotopic (exact) mass is 210 g/mol. The minimum atomic E-state index is -0.113. The van der Waals surface area contributed by atoms with Gasteiger partial charge in [0.2, 0.25) is 0 Å². The first kappa shape index (κ1) is 11.7. The summed E-state index contributed by atoms with van der Waals surface area (Å²) < 4.78 is 0. The predicted octanol–water partition coefficient (Wildman–Crippen LogP) is 2.78. The summed E-state index contributed by atoms with van der Waals surface area (Å²) in [5, 5.41) is 28.1. The van der Waals surface area contributed by atoms with Crippen molar-refractivity contribution in [2.45, 2.75) is 33.1 Å². The molecule has 0 unspecified atom stereocenters. The molecule has 0 saturated heterocycles. The fraction of sp³-hybridized carbons (Fsp3) is 0.500. The van der Waals surface area contributed by atoms with E-state index < -0.39 is 0 Å². The van der Waals surface area contributed by atoms with Crippen LogP contribution in [0, 0.1) is 5.92 Å². The lowest BCUT2D eigenvalue weighted by Crippen LogP contribution is -1.92. The van der Waals surface area contributed by atoms with Crippen LogP contribution in [0.3, 0.4) is 0 Å². The Morgan fingerprint density at radius 1 is 1.07 bits per heavy atom. The molecule has 3 heteroatoms. The Bertz CT molecular complexity index is 309. The van der Waals surface area contributed by atoms with Crippen molar-refractivity contribution in [3.63, 3.8) is 0 Å². The first-order valence-corrected chi connectivity index (χ1v) is 5.24. The van der Waals surface area contributed by atoms with Crippen LogP contribution in [-0.4, -0.2) is 15.3 Å². The van der Waals surface area contributed by atoms with Gasteiger partial charge in [-0.15, -0.1) is 0 Å². The molecule has 0 amide bonds. The van der Waals surface area contributed by atoms with Crippen molar-refractivity contribution in [1.29, 1.82) is 0 Å². The van der Waals surface area contributed by atoms with Gasteiger partial charge in [-0.25, -0.2) is 0 Å². The molecule has 0 heterocycles. The molecule has 0 saturated carbocycles. The summed E-state index contributed by atoms with van der Waals surface area (Å²) in [6.45, 7) is 4.27. The second-order valence-corrected chi connectivity index (χ2v) is 4.25. The van der Waals surface area contributed by atoms with Gasteiger partial charge < -0.3 is 15.3 Å². The van der Waals surface area contributed by atoms with E-state index in [0.29, 0.717) is 17.9 Å². The Balaban J connectivity index is 2.68. The van der Waals surface area contributed by atoms with Gasteiger partial charge >= 0.3 is 0 Å². The molecule has 0 spiro atoms. The number of hydrogen-bond donors (Lipinski definition) is 3. The lowest BCUT2D eigenvalue weighted by atomic mass is 10.0. The van der Waals surface area contributed by atoms with Crippen LogP contribution in [0.1, 0.15) is 32.3 Å². The van der Waals surface area contributed by atoms with E-state index in [-0.39, 0.29) is 17.2 Å². The lowest BCUT2D eigenvalue weighted by molar-refractivity contribution is 0.416. The van der Waals surface area contributed by atoms with Crippen LogP contribution in [0.2, 0.25) is 0 Å². The molecule has 1 aromatic rings. The van der Waals surface area contributed by atoms with Crippen LogP contribution >= 0.6 is 0 Å². The van der Waals surface area contributed by atoms with Crippen molar-refractivity contribution in [3.05, 3.63) is 17.7 Å². The van der Waals surface area contributed by atoms with Crippen LogP contribution in [-0.2, 0) is 6.42 Å². The number of rotatable bonds is 4. The summed E-state index contributed by atoms with van der Waals surface area (Å²) in [6.07, 6.45) is 2.61. The van der Waals surface area contributed by atoms with Crippen molar-refractivity contribution in [3.8, 4) is 17.2 Å². The quantitative estimate of drug-likeness (QED) is 0.716. The molecule has 0 aliphatic heterocycles. The van der Waals surface area contributed by atoms with Gasteiger partial charge in [0.05, 0.1) is 0 Å². The molecule has 0 aliphatic rings. The molecule has 1 aromatic carbocycles. The number of hydrogen-bond acceptors (Lipinski definition) is 3. The molecular weight excluding hydrogens is 192 g/mol. The lowest BCUT2D eigenvalue weighted by Gasteiger charge is -2.09. The number of phenols is 3. The van der Waals surface area contributed by atoms with E-state index in [1.165, 1.54) is 12.1 Å². The van der Waals surface area contributed by atoms with E-state index in [1.807, 2.05) is 0 Å². The minimum absolute atomic E-state index is 0.0312. The maximum Gasteiger partial charge on any atom is 0.126 e. The van der Waals surface area contributed by atoms with Crippen LogP contribution in [0.4, 0.5) is 0 Å². The van der Waals surface area contributed by atoms with Crippen molar-refractivity contribution < 1.29 is 15.3 Å². The Kier molecular flexibility index (Phi) is 3.83. The van der Waals surface area contributed by atoms with Crippen molar-refractivity contribution in [2.75, 3.05) is 0 Å². The van der Waals surface area contributed by atoms with Crippen LogP contribution in [0.15, 0.2) is 12.1 Å². The van der Waals surface area contributed by atoms with E-state index in [9.17, 15) is 10.2 Å². The molecule has 3 N–H and O–H groups in total. The maximum absolute atomic E-state index is 9.52. The minimum Gasteiger partial charge on any atom is -0.508 e. The third-order valence-corrected chi connectivity index (χ3v) is 2.40. The maximum atomic E-state index is 9.52.